The first-order valence-corrected chi connectivity index (χ1v) is 4.77. The maximum atomic E-state index is 2.16. The molecule has 0 aliphatic heterocycles. The molecular weight excluding hydrogens is 156 g/mol. The molecule has 0 heterocycles. The number of rotatable bonds is 4. The molecule has 13 heavy (non-hydrogen) atoms. The minimum absolute atomic E-state index is 1.06. The summed E-state index contributed by atoms with van der Waals surface area (Å²) in [5.41, 5.74) is 2.80. The summed E-state index contributed by atoms with van der Waals surface area (Å²) in [5.74, 6) is 0. The normalized spacial score (nSPS) is 14.8. The van der Waals surface area contributed by atoms with Crippen LogP contribution >= 0.6 is 0 Å². The van der Waals surface area contributed by atoms with Crippen LogP contribution in [0.25, 0.3) is 0 Å². The molecule has 0 aromatic rings. The summed E-state index contributed by atoms with van der Waals surface area (Å²) in [7, 11) is 0. The van der Waals surface area contributed by atoms with Gasteiger partial charge < -0.3 is 0 Å². The van der Waals surface area contributed by atoms with E-state index in [-0.39, 0.29) is 0 Å². The predicted octanol–water partition coefficient (Wildman–Crippen LogP) is 4.42. The van der Waals surface area contributed by atoms with Crippen LogP contribution in [0.5, 0.6) is 0 Å². The van der Waals surface area contributed by atoms with Crippen molar-refractivity contribution >= 4 is 0 Å². The summed E-state index contributed by atoms with van der Waals surface area (Å²) in [4.78, 5) is 0. The Morgan fingerprint density at radius 3 is 1.54 bits per heavy atom. The highest BCUT2D eigenvalue weighted by Gasteiger charge is 1.89. The fourth-order valence-electron chi connectivity index (χ4n) is 1.08. The van der Waals surface area contributed by atoms with Gasteiger partial charge in [0, 0.05) is 0 Å². The van der Waals surface area contributed by atoms with Gasteiger partial charge in [0.15, 0.2) is 0 Å². The van der Waals surface area contributed by atoms with Crippen molar-refractivity contribution < 1.29 is 0 Å². The van der Waals surface area contributed by atoms with Crippen LogP contribution in [0.1, 0.15) is 34.1 Å². The third kappa shape index (κ3) is 7.32. The van der Waals surface area contributed by atoms with Crippen molar-refractivity contribution in [2.75, 3.05) is 0 Å². The topological polar surface area (TPSA) is 0 Å². The van der Waals surface area contributed by atoms with Crippen molar-refractivity contribution in [1.29, 1.82) is 0 Å². The molecule has 0 radical (unpaired) electrons. The van der Waals surface area contributed by atoms with Gasteiger partial charge in [-0.1, -0.05) is 47.6 Å². The molecule has 0 aliphatic carbocycles. The van der Waals surface area contributed by atoms with Gasteiger partial charge in [-0.15, -0.1) is 0 Å². The molecule has 0 aromatic heterocycles. The first-order valence-electron chi connectivity index (χ1n) is 4.77. The molecule has 0 saturated heterocycles. The molecule has 0 amide bonds. The second kappa shape index (κ2) is 7.60. The molecule has 0 unspecified atom stereocenters. The minimum atomic E-state index is 1.06. The Hall–Kier alpha value is -1.04. The lowest BCUT2D eigenvalue weighted by Crippen LogP contribution is -1.78. The lowest BCUT2D eigenvalue weighted by Gasteiger charge is -1.99. The van der Waals surface area contributed by atoms with E-state index in [4.69, 9.17) is 0 Å². The van der Waals surface area contributed by atoms with Crippen molar-refractivity contribution in [3.05, 3.63) is 47.6 Å². The Balaban J connectivity index is 4.12. The van der Waals surface area contributed by atoms with E-state index in [1.165, 1.54) is 11.1 Å². The van der Waals surface area contributed by atoms with Gasteiger partial charge in [0.05, 0.1) is 0 Å². The van der Waals surface area contributed by atoms with Gasteiger partial charge in [-0.3, -0.25) is 0 Å². The average molecular weight is 176 g/mol. The summed E-state index contributed by atoms with van der Waals surface area (Å²) in [6.45, 7) is 8.39. The van der Waals surface area contributed by atoms with E-state index in [1.54, 1.807) is 0 Å². The predicted molar refractivity (Wildman–Crippen MR) is 61.8 cm³/mol. The van der Waals surface area contributed by atoms with E-state index in [1.807, 2.05) is 13.8 Å². The zero-order chi connectivity index (χ0) is 10.1. The highest BCUT2D eigenvalue weighted by Crippen LogP contribution is 2.09. The van der Waals surface area contributed by atoms with Crippen LogP contribution in [0.4, 0.5) is 0 Å². The molecule has 0 N–H and O–H groups in total. The first kappa shape index (κ1) is 12.0. The average Bonchev–Trinajstić information content (AvgIpc) is 2.11. The van der Waals surface area contributed by atoms with E-state index in [0.29, 0.717) is 0 Å². The van der Waals surface area contributed by atoms with E-state index in [0.717, 1.165) is 6.42 Å². The summed E-state index contributed by atoms with van der Waals surface area (Å²) < 4.78 is 0. The van der Waals surface area contributed by atoms with Gasteiger partial charge in [0.1, 0.15) is 0 Å². The zero-order valence-electron chi connectivity index (χ0n) is 9.17. The van der Waals surface area contributed by atoms with Gasteiger partial charge in [0.25, 0.3) is 0 Å². The zero-order valence-corrected chi connectivity index (χ0v) is 9.17. The monoisotopic (exact) mass is 176 g/mol. The quantitative estimate of drug-likeness (QED) is 0.556. The lowest BCUT2D eigenvalue weighted by molar-refractivity contribution is 1.11. The van der Waals surface area contributed by atoms with E-state index in [2.05, 4.69) is 50.3 Å². The number of hydrogen-bond donors (Lipinski definition) is 0. The first-order chi connectivity index (χ1) is 6.20. The number of allylic oxidation sites excluding steroid dienone is 8. The Kier molecular flexibility index (Phi) is 6.99. The van der Waals surface area contributed by atoms with Crippen molar-refractivity contribution in [2.45, 2.75) is 34.1 Å². The van der Waals surface area contributed by atoms with Gasteiger partial charge >= 0.3 is 0 Å². The third-order valence-electron chi connectivity index (χ3n) is 1.70. The SMILES string of the molecule is CC=CC=C(C)CC(C)=CC=CC. The van der Waals surface area contributed by atoms with Crippen LogP contribution in [-0.4, -0.2) is 0 Å². The maximum Gasteiger partial charge on any atom is -0.0108 e. The Morgan fingerprint density at radius 1 is 0.846 bits per heavy atom. The van der Waals surface area contributed by atoms with Crippen LogP contribution in [0.3, 0.4) is 0 Å². The van der Waals surface area contributed by atoms with Crippen LogP contribution in [0.2, 0.25) is 0 Å². The van der Waals surface area contributed by atoms with Crippen LogP contribution in [0.15, 0.2) is 47.6 Å². The highest BCUT2D eigenvalue weighted by molar-refractivity contribution is 5.19. The van der Waals surface area contributed by atoms with Crippen LogP contribution in [0, 0.1) is 0 Å². The molecule has 0 heteroatoms. The largest absolute Gasteiger partial charge is 0.0877 e. The van der Waals surface area contributed by atoms with Gasteiger partial charge in [0.2, 0.25) is 0 Å². The molecule has 0 aromatic carbocycles. The Labute approximate surface area is 82.4 Å². The van der Waals surface area contributed by atoms with E-state index >= 15 is 0 Å². The van der Waals surface area contributed by atoms with Gasteiger partial charge in [-0.25, -0.2) is 0 Å². The summed E-state index contributed by atoms with van der Waals surface area (Å²) >= 11 is 0. The van der Waals surface area contributed by atoms with Gasteiger partial charge in [-0.05, 0) is 34.1 Å². The Morgan fingerprint density at radius 2 is 1.23 bits per heavy atom. The highest BCUT2D eigenvalue weighted by atomic mass is 14.0. The van der Waals surface area contributed by atoms with E-state index < -0.39 is 0 Å². The van der Waals surface area contributed by atoms with Crippen molar-refractivity contribution in [3.63, 3.8) is 0 Å². The standard InChI is InChI=1S/C13H20/c1-5-7-9-12(3)11-13(4)10-8-6-2/h5-10H,11H2,1-4H3. The second-order valence-corrected chi connectivity index (χ2v) is 3.25. The third-order valence-corrected chi connectivity index (χ3v) is 1.70. The molecule has 0 nitrogen and oxygen atoms in total. The summed E-state index contributed by atoms with van der Waals surface area (Å²) in [6.07, 6.45) is 13.6. The molecule has 0 rings (SSSR count). The van der Waals surface area contributed by atoms with Crippen molar-refractivity contribution in [1.82, 2.24) is 0 Å². The summed E-state index contributed by atoms with van der Waals surface area (Å²) in [5, 5.41) is 0. The molecule has 0 fully saturated rings. The molecule has 72 valence electrons. The Bertz CT molecular complexity index is 211. The second-order valence-electron chi connectivity index (χ2n) is 3.25. The smallest absolute Gasteiger partial charge is 0.0108 e. The fourth-order valence-corrected chi connectivity index (χ4v) is 1.08. The minimum Gasteiger partial charge on any atom is -0.0877 e. The molecule has 0 aliphatic rings. The molecule has 0 spiro atoms. The fraction of sp³-hybridized carbons (Fsp3) is 0.385. The molecule has 0 atom stereocenters. The van der Waals surface area contributed by atoms with Crippen LogP contribution in [-0.2, 0) is 0 Å². The van der Waals surface area contributed by atoms with E-state index in [9.17, 15) is 0 Å². The lowest BCUT2D eigenvalue weighted by atomic mass is 10.1. The molecular formula is C13H20. The van der Waals surface area contributed by atoms with Crippen molar-refractivity contribution in [3.8, 4) is 0 Å². The van der Waals surface area contributed by atoms with Gasteiger partial charge in [-0.2, -0.15) is 0 Å². The van der Waals surface area contributed by atoms with Crippen molar-refractivity contribution in [2.24, 2.45) is 0 Å². The molecule has 0 saturated carbocycles. The molecule has 0 bridgehead atoms. The maximum absolute atomic E-state index is 2.16. The summed E-state index contributed by atoms with van der Waals surface area (Å²) in [6, 6.07) is 0. The van der Waals surface area contributed by atoms with Crippen LogP contribution < -0.4 is 0 Å². The number of hydrogen-bond acceptors (Lipinski definition) is 0.